The predicted molar refractivity (Wildman–Crippen MR) is 119 cm³/mol. The lowest BCUT2D eigenvalue weighted by molar-refractivity contribution is 0.0220. The van der Waals surface area contributed by atoms with Crippen molar-refractivity contribution >= 4 is 29.9 Å². The first-order chi connectivity index (χ1) is 12.3. The maximum absolute atomic E-state index is 5.46. The van der Waals surface area contributed by atoms with Gasteiger partial charge in [-0.1, -0.05) is 6.42 Å². The highest BCUT2D eigenvalue weighted by atomic mass is 127. The number of hydrogen-bond acceptors (Lipinski definition) is 4. The smallest absolute Gasteiger partial charge is 0.194 e. The fourth-order valence-electron chi connectivity index (χ4n) is 4.29. The van der Waals surface area contributed by atoms with Crippen LogP contribution in [0.4, 0.5) is 0 Å². The van der Waals surface area contributed by atoms with Crippen LogP contribution >= 0.6 is 24.0 Å². The molecule has 3 rings (SSSR count). The Labute approximate surface area is 176 Å². The first kappa shape index (κ1) is 22.2. The van der Waals surface area contributed by atoms with Gasteiger partial charge in [0.25, 0.3) is 0 Å². The van der Waals surface area contributed by atoms with E-state index in [9.17, 15) is 0 Å². The van der Waals surface area contributed by atoms with Crippen molar-refractivity contribution in [1.82, 2.24) is 20.0 Å². The van der Waals surface area contributed by atoms with E-state index in [1.165, 1.54) is 38.8 Å². The highest BCUT2D eigenvalue weighted by Crippen LogP contribution is 2.20. The van der Waals surface area contributed by atoms with Crippen molar-refractivity contribution in [3.05, 3.63) is 0 Å². The summed E-state index contributed by atoms with van der Waals surface area (Å²) in [6.45, 7) is 14.9. The van der Waals surface area contributed by atoms with E-state index >= 15 is 0 Å². The second-order valence-corrected chi connectivity index (χ2v) is 7.68. The molecule has 3 aliphatic heterocycles. The molecule has 3 aliphatic rings. The number of nitrogens with zero attached hydrogens (tertiary/aromatic N) is 4. The van der Waals surface area contributed by atoms with Crippen molar-refractivity contribution in [2.24, 2.45) is 4.99 Å². The van der Waals surface area contributed by atoms with Gasteiger partial charge in [0.15, 0.2) is 5.96 Å². The third-order valence-electron chi connectivity index (χ3n) is 5.88. The van der Waals surface area contributed by atoms with E-state index < -0.39 is 0 Å². The van der Waals surface area contributed by atoms with E-state index in [0.717, 1.165) is 64.5 Å². The number of guanidine groups is 1. The summed E-state index contributed by atoms with van der Waals surface area (Å²) >= 11 is 0. The molecule has 3 fully saturated rings. The Morgan fingerprint density at radius 2 is 1.85 bits per heavy atom. The van der Waals surface area contributed by atoms with Crippen LogP contribution in [0.2, 0.25) is 0 Å². The molecule has 0 aliphatic carbocycles. The van der Waals surface area contributed by atoms with Gasteiger partial charge in [0, 0.05) is 44.8 Å². The van der Waals surface area contributed by atoms with Crippen molar-refractivity contribution in [3.63, 3.8) is 0 Å². The van der Waals surface area contributed by atoms with Gasteiger partial charge in [-0.3, -0.25) is 14.8 Å². The summed E-state index contributed by atoms with van der Waals surface area (Å²) < 4.78 is 5.46. The van der Waals surface area contributed by atoms with E-state index in [2.05, 4.69) is 33.9 Å². The number of likely N-dealkylation sites (tertiary alicyclic amines) is 2. The van der Waals surface area contributed by atoms with Crippen LogP contribution < -0.4 is 5.32 Å². The van der Waals surface area contributed by atoms with Crippen LogP contribution in [0.15, 0.2) is 4.99 Å². The Morgan fingerprint density at radius 3 is 2.54 bits per heavy atom. The van der Waals surface area contributed by atoms with Crippen molar-refractivity contribution in [2.75, 3.05) is 65.6 Å². The molecular formula is C19H38IN5O. The molecule has 0 aromatic carbocycles. The number of piperidine rings is 1. The Balaban J connectivity index is 0.00000243. The number of nitrogens with one attached hydrogen (secondary N) is 1. The minimum absolute atomic E-state index is 0. The average Bonchev–Trinajstić information content (AvgIpc) is 3.16. The Hall–Kier alpha value is -0.120. The van der Waals surface area contributed by atoms with Gasteiger partial charge in [-0.25, -0.2) is 0 Å². The van der Waals surface area contributed by atoms with Gasteiger partial charge in [-0.2, -0.15) is 0 Å². The number of ether oxygens (including phenoxy) is 1. The standard InChI is InChI=1S/C19H37N5O.HI/c1-3-20-19(21-15-17(2)22-11-13-25-14-12-22)24-10-7-18(16-24)23-8-5-4-6-9-23;/h17-18H,3-16H2,1-2H3,(H,20,21);1H. The Bertz CT molecular complexity index is 424. The molecule has 0 radical (unpaired) electrons. The average molecular weight is 479 g/mol. The summed E-state index contributed by atoms with van der Waals surface area (Å²) in [5.74, 6) is 1.11. The Kier molecular flexibility index (Phi) is 9.94. The molecule has 3 saturated heterocycles. The molecule has 0 amide bonds. The molecule has 26 heavy (non-hydrogen) atoms. The van der Waals surface area contributed by atoms with Crippen LogP contribution in [0.3, 0.4) is 0 Å². The van der Waals surface area contributed by atoms with E-state index in [-0.39, 0.29) is 24.0 Å². The maximum atomic E-state index is 5.46. The summed E-state index contributed by atoms with van der Waals surface area (Å²) in [6.07, 6.45) is 5.45. The molecule has 3 heterocycles. The number of hydrogen-bond donors (Lipinski definition) is 1. The quantitative estimate of drug-likeness (QED) is 0.371. The van der Waals surface area contributed by atoms with Crippen LogP contribution in [0.25, 0.3) is 0 Å². The third kappa shape index (κ3) is 6.21. The maximum Gasteiger partial charge on any atom is 0.194 e. The predicted octanol–water partition coefficient (Wildman–Crippen LogP) is 1.85. The van der Waals surface area contributed by atoms with E-state index in [1.807, 2.05) is 0 Å². The molecule has 1 N–H and O–H groups in total. The molecule has 0 aromatic rings. The van der Waals surface area contributed by atoms with Crippen LogP contribution in [0.1, 0.15) is 39.5 Å². The first-order valence-corrected chi connectivity index (χ1v) is 10.4. The van der Waals surface area contributed by atoms with Gasteiger partial charge >= 0.3 is 0 Å². The van der Waals surface area contributed by atoms with Crippen molar-refractivity contribution < 1.29 is 4.74 Å². The summed E-state index contributed by atoms with van der Waals surface area (Å²) in [6, 6.07) is 1.21. The highest BCUT2D eigenvalue weighted by molar-refractivity contribution is 14.0. The third-order valence-corrected chi connectivity index (χ3v) is 5.88. The largest absolute Gasteiger partial charge is 0.379 e. The lowest BCUT2D eigenvalue weighted by Crippen LogP contribution is -2.46. The lowest BCUT2D eigenvalue weighted by Gasteiger charge is -2.33. The molecule has 0 aromatic heterocycles. The van der Waals surface area contributed by atoms with E-state index in [1.54, 1.807) is 0 Å². The van der Waals surface area contributed by atoms with Crippen molar-refractivity contribution in [2.45, 2.75) is 51.6 Å². The first-order valence-electron chi connectivity index (χ1n) is 10.4. The fraction of sp³-hybridized carbons (Fsp3) is 0.947. The summed E-state index contributed by atoms with van der Waals surface area (Å²) in [4.78, 5) is 12.7. The van der Waals surface area contributed by atoms with Gasteiger partial charge < -0.3 is 15.0 Å². The fourth-order valence-corrected chi connectivity index (χ4v) is 4.29. The second kappa shape index (κ2) is 11.7. The van der Waals surface area contributed by atoms with Crippen LogP contribution in [-0.2, 0) is 4.74 Å². The summed E-state index contributed by atoms with van der Waals surface area (Å²) in [7, 11) is 0. The van der Waals surface area contributed by atoms with Crippen molar-refractivity contribution in [3.8, 4) is 0 Å². The van der Waals surface area contributed by atoms with Gasteiger partial charge in [0.05, 0.1) is 19.8 Å². The SMILES string of the molecule is CCNC(=NCC(C)N1CCOCC1)N1CCC(N2CCCCC2)C1.I. The second-order valence-electron chi connectivity index (χ2n) is 7.68. The van der Waals surface area contributed by atoms with Gasteiger partial charge in [0.1, 0.15) is 0 Å². The van der Waals surface area contributed by atoms with E-state index in [0.29, 0.717) is 6.04 Å². The normalized spacial score (nSPS) is 27.2. The van der Waals surface area contributed by atoms with Crippen molar-refractivity contribution in [1.29, 1.82) is 0 Å². The van der Waals surface area contributed by atoms with E-state index in [4.69, 9.17) is 9.73 Å². The summed E-state index contributed by atoms with van der Waals surface area (Å²) in [5, 5.41) is 3.52. The zero-order chi connectivity index (χ0) is 17.5. The number of morpholine rings is 1. The molecule has 0 spiro atoms. The number of halogens is 1. The highest BCUT2D eigenvalue weighted by Gasteiger charge is 2.30. The topological polar surface area (TPSA) is 43.3 Å². The Morgan fingerprint density at radius 1 is 1.12 bits per heavy atom. The zero-order valence-electron chi connectivity index (χ0n) is 16.7. The molecule has 6 nitrogen and oxygen atoms in total. The number of rotatable bonds is 5. The monoisotopic (exact) mass is 479 g/mol. The lowest BCUT2D eigenvalue weighted by atomic mass is 10.1. The molecule has 2 atom stereocenters. The zero-order valence-corrected chi connectivity index (χ0v) is 19.0. The minimum Gasteiger partial charge on any atom is -0.379 e. The summed E-state index contributed by atoms with van der Waals surface area (Å²) in [5.41, 5.74) is 0. The van der Waals surface area contributed by atoms with Gasteiger partial charge in [-0.05, 0) is 46.2 Å². The molecule has 0 bridgehead atoms. The molecule has 152 valence electrons. The molecule has 7 heteroatoms. The van der Waals surface area contributed by atoms with Gasteiger partial charge in [-0.15, -0.1) is 24.0 Å². The number of aliphatic imine (C=N–C) groups is 1. The van der Waals surface area contributed by atoms with Crippen LogP contribution in [-0.4, -0.2) is 98.3 Å². The molecule has 0 saturated carbocycles. The molecule has 2 unspecified atom stereocenters. The van der Waals surface area contributed by atoms with Crippen LogP contribution in [0.5, 0.6) is 0 Å². The molecular weight excluding hydrogens is 441 g/mol. The van der Waals surface area contributed by atoms with Gasteiger partial charge in [0.2, 0.25) is 0 Å². The minimum atomic E-state index is 0. The van der Waals surface area contributed by atoms with Crippen LogP contribution in [0, 0.1) is 0 Å².